The molecule has 0 aliphatic rings. The van der Waals surface area contributed by atoms with Crippen molar-refractivity contribution in [3.63, 3.8) is 0 Å². The summed E-state index contributed by atoms with van der Waals surface area (Å²) in [5.74, 6) is 0.270. The third-order valence-corrected chi connectivity index (χ3v) is 5.08. The molecule has 7 heteroatoms. The van der Waals surface area contributed by atoms with Crippen molar-refractivity contribution in [2.75, 3.05) is 0 Å². The van der Waals surface area contributed by atoms with Crippen LogP contribution < -0.4 is 5.43 Å². The Kier molecular flexibility index (Phi) is 6.72. The van der Waals surface area contributed by atoms with Crippen LogP contribution in [0.25, 0.3) is 0 Å². The molecule has 0 atom stereocenters. The number of carbonyl (C=O) groups is 1. The number of alkyl halides is 3. The Morgan fingerprint density at radius 3 is 2.28 bits per heavy atom. The van der Waals surface area contributed by atoms with Gasteiger partial charge in [-0.2, -0.15) is 18.3 Å². The molecule has 0 radical (unpaired) electrons. The van der Waals surface area contributed by atoms with Crippen molar-refractivity contribution in [2.24, 2.45) is 5.10 Å². The first-order valence-electron chi connectivity index (χ1n) is 8.70. The second kappa shape index (κ2) is 9.43. The van der Waals surface area contributed by atoms with Crippen molar-refractivity contribution in [2.45, 2.75) is 16.8 Å². The number of nitrogens with zero attached hydrogens (tertiary/aromatic N) is 1. The van der Waals surface area contributed by atoms with E-state index in [9.17, 15) is 18.0 Å². The minimum absolute atomic E-state index is 0.117. The van der Waals surface area contributed by atoms with Crippen molar-refractivity contribution in [3.05, 3.63) is 101 Å². The molecule has 0 heterocycles. The zero-order chi connectivity index (χ0) is 20.7. The lowest BCUT2D eigenvalue weighted by Crippen LogP contribution is -2.18. The summed E-state index contributed by atoms with van der Waals surface area (Å²) in [6.07, 6.45) is -3.49. The van der Waals surface area contributed by atoms with Crippen molar-refractivity contribution in [1.82, 2.24) is 5.43 Å². The van der Waals surface area contributed by atoms with E-state index in [1.54, 1.807) is 23.9 Å². The van der Waals surface area contributed by atoms with Crippen LogP contribution in [0.1, 0.15) is 27.0 Å². The fourth-order valence-electron chi connectivity index (χ4n) is 2.53. The molecule has 3 aromatic rings. The zero-order valence-electron chi connectivity index (χ0n) is 15.2. The highest BCUT2D eigenvalue weighted by Gasteiger charge is 2.32. The number of hydrogen-bond donors (Lipinski definition) is 1. The number of halogens is 3. The summed E-state index contributed by atoms with van der Waals surface area (Å²) in [5.41, 5.74) is 2.77. The molecular weight excluding hydrogens is 397 g/mol. The highest BCUT2D eigenvalue weighted by Crippen LogP contribution is 2.31. The lowest BCUT2D eigenvalue weighted by Gasteiger charge is -2.09. The van der Waals surface area contributed by atoms with E-state index in [-0.39, 0.29) is 5.56 Å². The maximum atomic E-state index is 13.0. The zero-order valence-corrected chi connectivity index (χ0v) is 16.0. The van der Waals surface area contributed by atoms with E-state index in [2.05, 4.69) is 10.5 Å². The largest absolute Gasteiger partial charge is 0.417 e. The molecular formula is C22H17F3N2OS. The predicted octanol–water partition coefficient (Wildman–Crippen LogP) is 5.76. The quantitative estimate of drug-likeness (QED) is 0.316. The predicted molar refractivity (Wildman–Crippen MR) is 109 cm³/mol. The van der Waals surface area contributed by atoms with E-state index < -0.39 is 17.6 Å². The number of hydrogen-bond acceptors (Lipinski definition) is 3. The molecule has 3 aromatic carbocycles. The molecule has 0 aliphatic heterocycles. The van der Waals surface area contributed by atoms with Crippen molar-refractivity contribution in [3.8, 4) is 0 Å². The standard InChI is InChI=1S/C22H17F3N2OS/c23-22(24,25)20-9-5-4-6-18(20)14-26-27-21(28)17-12-10-16(11-13-17)15-29-19-7-2-1-3-8-19/h1-14H,15H2,(H,27,28). The van der Waals surface area contributed by atoms with E-state index >= 15 is 0 Å². The van der Waals surface area contributed by atoms with Crippen LogP contribution >= 0.6 is 11.8 Å². The molecule has 3 rings (SSSR count). The first kappa shape index (κ1) is 20.7. The lowest BCUT2D eigenvalue weighted by molar-refractivity contribution is -0.137. The van der Waals surface area contributed by atoms with Crippen LogP contribution in [0.4, 0.5) is 13.2 Å². The van der Waals surface area contributed by atoms with E-state index in [0.717, 1.165) is 28.5 Å². The first-order chi connectivity index (χ1) is 13.9. The van der Waals surface area contributed by atoms with E-state index in [0.29, 0.717) is 5.56 Å². The lowest BCUT2D eigenvalue weighted by atomic mass is 10.1. The molecule has 0 aromatic heterocycles. The Morgan fingerprint density at radius 2 is 1.59 bits per heavy atom. The van der Waals surface area contributed by atoms with E-state index in [4.69, 9.17) is 0 Å². The smallest absolute Gasteiger partial charge is 0.267 e. The van der Waals surface area contributed by atoms with Gasteiger partial charge >= 0.3 is 6.18 Å². The maximum Gasteiger partial charge on any atom is 0.417 e. The Balaban J connectivity index is 1.58. The molecule has 0 aliphatic carbocycles. The SMILES string of the molecule is O=C(NN=Cc1ccccc1C(F)(F)F)c1ccc(CSc2ccccc2)cc1. The van der Waals surface area contributed by atoms with Crippen molar-refractivity contribution >= 4 is 23.9 Å². The van der Waals surface area contributed by atoms with Gasteiger partial charge in [-0.1, -0.05) is 48.5 Å². The van der Waals surface area contributed by atoms with Crippen LogP contribution in [0.2, 0.25) is 0 Å². The number of hydrazone groups is 1. The van der Waals surface area contributed by atoms with Gasteiger partial charge in [0.2, 0.25) is 0 Å². The van der Waals surface area contributed by atoms with Gasteiger partial charge in [0, 0.05) is 21.8 Å². The summed E-state index contributed by atoms with van der Waals surface area (Å²) >= 11 is 1.69. The first-order valence-corrected chi connectivity index (χ1v) is 9.68. The van der Waals surface area contributed by atoms with Crippen molar-refractivity contribution < 1.29 is 18.0 Å². The van der Waals surface area contributed by atoms with Crippen LogP contribution in [0.5, 0.6) is 0 Å². The highest BCUT2D eigenvalue weighted by molar-refractivity contribution is 7.98. The van der Waals surface area contributed by atoms with Gasteiger partial charge in [0.1, 0.15) is 0 Å². The van der Waals surface area contributed by atoms with Gasteiger partial charge in [0.25, 0.3) is 5.91 Å². The second-order valence-corrected chi connectivity index (χ2v) is 7.13. The van der Waals surface area contributed by atoms with Crippen LogP contribution in [0.3, 0.4) is 0 Å². The monoisotopic (exact) mass is 414 g/mol. The molecule has 1 amide bonds. The third-order valence-electron chi connectivity index (χ3n) is 4.00. The minimum Gasteiger partial charge on any atom is -0.267 e. The summed E-state index contributed by atoms with van der Waals surface area (Å²) < 4.78 is 38.9. The topological polar surface area (TPSA) is 41.5 Å². The Morgan fingerprint density at radius 1 is 0.931 bits per heavy atom. The Hall–Kier alpha value is -3.06. The second-order valence-electron chi connectivity index (χ2n) is 6.08. The molecule has 148 valence electrons. The van der Waals surface area contributed by atoms with Crippen LogP contribution in [-0.2, 0) is 11.9 Å². The molecule has 0 spiro atoms. The fourth-order valence-corrected chi connectivity index (χ4v) is 3.40. The highest BCUT2D eigenvalue weighted by atomic mass is 32.2. The number of nitrogens with one attached hydrogen (secondary N) is 1. The number of carbonyl (C=O) groups excluding carboxylic acids is 1. The molecule has 1 N–H and O–H groups in total. The van der Waals surface area contributed by atoms with Crippen LogP contribution in [0.15, 0.2) is 88.9 Å². The summed E-state index contributed by atoms with van der Waals surface area (Å²) in [7, 11) is 0. The summed E-state index contributed by atoms with van der Waals surface area (Å²) in [6.45, 7) is 0. The Bertz CT molecular complexity index is 987. The summed E-state index contributed by atoms with van der Waals surface area (Å²) in [5, 5.41) is 3.66. The average molecular weight is 414 g/mol. The summed E-state index contributed by atoms with van der Waals surface area (Å²) in [6, 6.07) is 22.0. The van der Waals surface area contributed by atoms with Gasteiger partial charge in [-0.05, 0) is 35.9 Å². The maximum absolute atomic E-state index is 13.0. The fraction of sp³-hybridized carbons (Fsp3) is 0.0909. The van der Waals surface area contributed by atoms with Crippen molar-refractivity contribution in [1.29, 1.82) is 0 Å². The number of rotatable bonds is 6. The molecule has 0 unspecified atom stereocenters. The number of thioether (sulfide) groups is 1. The minimum atomic E-state index is -4.49. The number of amides is 1. The number of benzene rings is 3. The molecule has 0 saturated heterocycles. The van der Waals surface area contributed by atoms with Gasteiger partial charge in [-0.25, -0.2) is 5.43 Å². The Labute approximate surface area is 170 Å². The molecule has 29 heavy (non-hydrogen) atoms. The van der Waals surface area contributed by atoms with Gasteiger partial charge in [-0.3, -0.25) is 4.79 Å². The van der Waals surface area contributed by atoms with Gasteiger partial charge < -0.3 is 0 Å². The van der Waals surface area contributed by atoms with Gasteiger partial charge in [-0.15, -0.1) is 11.8 Å². The van der Waals surface area contributed by atoms with Crippen LogP contribution in [0, 0.1) is 0 Å². The van der Waals surface area contributed by atoms with Gasteiger partial charge in [0.05, 0.1) is 11.8 Å². The molecule has 0 saturated carbocycles. The molecule has 0 bridgehead atoms. The van der Waals surface area contributed by atoms with Crippen LogP contribution in [-0.4, -0.2) is 12.1 Å². The average Bonchev–Trinajstić information content (AvgIpc) is 2.73. The third kappa shape index (κ3) is 5.96. The molecule has 0 fully saturated rings. The molecule has 3 nitrogen and oxygen atoms in total. The normalized spacial score (nSPS) is 11.6. The van der Waals surface area contributed by atoms with Gasteiger partial charge in [0.15, 0.2) is 0 Å². The van der Waals surface area contributed by atoms with E-state index in [1.807, 2.05) is 42.5 Å². The van der Waals surface area contributed by atoms with E-state index in [1.165, 1.54) is 18.2 Å². The summed E-state index contributed by atoms with van der Waals surface area (Å²) in [4.78, 5) is 13.3.